The number of hydrogen-bond acceptors (Lipinski definition) is 6. The summed E-state index contributed by atoms with van der Waals surface area (Å²) in [5, 5.41) is 2.56. The lowest BCUT2D eigenvalue weighted by atomic mass is 10.0. The first-order chi connectivity index (χ1) is 18.5. The SMILES string of the molecule is CCN1CCN(Cc2ccc(NC(=O)c3ccc(C)c(Oc4ccnc(C(N)=O)c4)c3)cc2C(F)(F)F)CC1. The number of nitrogens with two attached hydrogens (primary N) is 1. The van der Waals surface area contributed by atoms with Crippen LogP contribution < -0.4 is 15.8 Å². The van der Waals surface area contributed by atoms with Crippen LogP contribution in [0.15, 0.2) is 54.7 Å². The molecule has 0 atom stereocenters. The van der Waals surface area contributed by atoms with Crippen molar-refractivity contribution in [2.24, 2.45) is 5.73 Å². The van der Waals surface area contributed by atoms with Gasteiger partial charge in [0.15, 0.2) is 0 Å². The topological polar surface area (TPSA) is 101 Å². The Hall–Kier alpha value is -3.96. The van der Waals surface area contributed by atoms with Gasteiger partial charge in [-0.2, -0.15) is 13.2 Å². The number of primary amides is 1. The second-order valence-electron chi connectivity index (χ2n) is 9.36. The Kier molecular flexibility index (Phi) is 8.51. The molecule has 2 aromatic carbocycles. The van der Waals surface area contributed by atoms with Crippen LogP contribution in [-0.2, 0) is 12.7 Å². The molecule has 8 nitrogen and oxygen atoms in total. The number of halogens is 3. The molecule has 0 saturated carbocycles. The van der Waals surface area contributed by atoms with E-state index in [0.29, 0.717) is 30.2 Å². The van der Waals surface area contributed by atoms with E-state index in [2.05, 4.69) is 22.1 Å². The van der Waals surface area contributed by atoms with Crippen LogP contribution in [0.25, 0.3) is 0 Å². The van der Waals surface area contributed by atoms with Gasteiger partial charge in [0.25, 0.3) is 11.8 Å². The molecule has 0 aliphatic carbocycles. The van der Waals surface area contributed by atoms with Crippen LogP contribution in [0.2, 0.25) is 0 Å². The maximum atomic E-state index is 14.0. The first kappa shape index (κ1) is 28.1. The summed E-state index contributed by atoms with van der Waals surface area (Å²) >= 11 is 0. The minimum absolute atomic E-state index is 0.0196. The summed E-state index contributed by atoms with van der Waals surface area (Å²) in [4.78, 5) is 32.5. The highest BCUT2D eigenvalue weighted by Gasteiger charge is 2.34. The van der Waals surface area contributed by atoms with Gasteiger partial charge in [0, 0.05) is 56.2 Å². The molecule has 2 amide bonds. The molecule has 206 valence electrons. The number of aryl methyl sites for hydroxylation is 1. The quantitative estimate of drug-likeness (QED) is 0.429. The van der Waals surface area contributed by atoms with Crippen molar-refractivity contribution in [1.29, 1.82) is 0 Å². The number of amides is 2. The Morgan fingerprint density at radius 1 is 1.03 bits per heavy atom. The van der Waals surface area contributed by atoms with Crippen LogP contribution in [0.4, 0.5) is 18.9 Å². The standard InChI is InChI=1S/C28H30F3N5O3/c1-3-35-10-12-36(13-11-35)17-20-6-7-21(15-23(20)28(29,30)31)34-27(38)19-5-4-18(2)25(14-19)39-22-8-9-33-24(16-22)26(32)37/h4-9,14-16H,3,10-13,17H2,1-2H3,(H2,32,37)(H,34,38). The maximum absolute atomic E-state index is 14.0. The van der Waals surface area contributed by atoms with Crippen LogP contribution in [0.3, 0.4) is 0 Å². The van der Waals surface area contributed by atoms with Crippen LogP contribution in [0, 0.1) is 6.92 Å². The normalized spacial score (nSPS) is 14.7. The van der Waals surface area contributed by atoms with Gasteiger partial charge in [-0.1, -0.05) is 19.1 Å². The number of carbonyl (C=O) groups excluding carboxylic acids is 2. The predicted molar refractivity (Wildman–Crippen MR) is 141 cm³/mol. The Bertz CT molecular complexity index is 1350. The summed E-state index contributed by atoms with van der Waals surface area (Å²) in [6.07, 6.45) is -3.20. The van der Waals surface area contributed by atoms with Gasteiger partial charge < -0.3 is 20.7 Å². The number of carbonyl (C=O) groups is 2. The van der Waals surface area contributed by atoms with Gasteiger partial charge in [0.2, 0.25) is 0 Å². The molecular weight excluding hydrogens is 511 g/mol. The Balaban J connectivity index is 1.50. The zero-order chi connectivity index (χ0) is 28.2. The van der Waals surface area contributed by atoms with Gasteiger partial charge in [0.1, 0.15) is 17.2 Å². The number of alkyl halides is 3. The van der Waals surface area contributed by atoms with Gasteiger partial charge >= 0.3 is 6.18 Å². The highest BCUT2D eigenvalue weighted by Crippen LogP contribution is 2.35. The summed E-state index contributed by atoms with van der Waals surface area (Å²) in [5.41, 5.74) is 5.61. The van der Waals surface area contributed by atoms with Crippen LogP contribution in [-0.4, -0.2) is 59.3 Å². The fraction of sp³-hybridized carbons (Fsp3) is 0.321. The molecule has 11 heteroatoms. The minimum atomic E-state index is -4.57. The number of piperazine rings is 1. The van der Waals surface area contributed by atoms with Crippen LogP contribution >= 0.6 is 0 Å². The second kappa shape index (κ2) is 11.8. The van der Waals surface area contributed by atoms with Crippen molar-refractivity contribution in [1.82, 2.24) is 14.8 Å². The molecule has 3 aromatic rings. The van der Waals surface area contributed by atoms with E-state index in [1.807, 2.05) is 4.90 Å². The maximum Gasteiger partial charge on any atom is 0.416 e. The summed E-state index contributed by atoms with van der Waals surface area (Å²) in [7, 11) is 0. The van der Waals surface area contributed by atoms with E-state index in [0.717, 1.165) is 25.7 Å². The molecule has 4 rings (SSSR count). The van der Waals surface area contributed by atoms with Crippen molar-refractivity contribution < 1.29 is 27.5 Å². The van der Waals surface area contributed by atoms with E-state index in [1.165, 1.54) is 36.5 Å². The summed E-state index contributed by atoms with van der Waals surface area (Å²) in [6, 6.07) is 11.5. The molecule has 1 aliphatic rings. The van der Waals surface area contributed by atoms with Gasteiger partial charge in [0.05, 0.1) is 5.56 Å². The fourth-order valence-electron chi connectivity index (χ4n) is 4.35. The average Bonchev–Trinajstić information content (AvgIpc) is 2.90. The third-order valence-electron chi connectivity index (χ3n) is 6.64. The Morgan fingerprint density at radius 3 is 2.41 bits per heavy atom. The number of pyridine rings is 1. The number of benzene rings is 2. The number of likely N-dealkylation sites (N-methyl/N-ethyl adjacent to an activating group) is 1. The first-order valence-electron chi connectivity index (χ1n) is 12.5. The second-order valence-corrected chi connectivity index (χ2v) is 9.36. The van der Waals surface area contributed by atoms with Gasteiger partial charge in [-0.15, -0.1) is 0 Å². The molecule has 1 aliphatic heterocycles. The van der Waals surface area contributed by atoms with Crippen molar-refractivity contribution >= 4 is 17.5 Å². The molecular formula is C28H30F3N5O3. The monoisotopic (exact) mass is 541 g/mol. The fourth-order valence-corrected chi connectivity index (χ4v) is 4.35. The highest BCUT2D eigenvalue weighted by molar-refractivity contribution is 6.04. The summed E-state index contributed by atoms with van der Waals surface area (Å²) in [5.74, 6) is -0.683. The highest BCUT2D eigenvalue weighted by atomic mass is 19.4. The van der Waals surface area contributed by atoms with Crippen LogP contribution in [0.1, 0.15) is 44.5 Å². The number of nitrogens with one attached hydrogen (secondary N) is 1. The molecule has 0 unspecified atom stereocenters. The molecule has 3 N–H and O–H groups in total. The number of nitrogens with zero attached hydrogens (tertiary/aromatic N) is 3. The number of ether oxygens (including phenoxy) is 1. The molecule has 0 bridgehead atoms. The smallest absolute Gasteiger partial charge is 0.416 e. The van der Waals surface area contributed by atoms with Crippen molar-refractivity contribution in [3.05, 3.63) is 82.7 Å². The zero-order valence-corrected chi connectivity index (χ0v) is 21.7. The van der Waals surface area contributed by atoms with Gasteiger partial charge in [-0.05, 0) is 54.9 Å². The van der Waals surface area contributed by atoms with E-state index < -0.39 is 23.6 Å². The zero-order valence-electron chi connectivity index (χ0n) is 21.7. The average molecular weight is 542 g/mol. The van der Waals surface area contributed by atoms with E-state index in [-0.39, 0.29) is 29.1 Å². The molecule has 1 saturated heterocycles. The number of anilines is 1. The lowest BCUT2D eigenvalue weighted by Crippen LogP contribution is -2.45. The molecule has 0 radical (unpaired) electrons. The molecule has 2 heterocycles. The lowest BCUT2D eigenvalue weighted by Gasteiger charge is -2.34. The first-order valence-corrected chi connectivity index (χ1v) is 12.5. The minimum Gasteiger partial charge on any atom is -0.457 e. The lowest BCUT2D eigenvalue weighted by molar-refractivity contribution is -0.138. The van der Waals surface area contributed by atoms with E-state index in [1.54, 1.807) is 19.1 Å². The number of aromatic nitrogens is 1. The number of hydrogen-bond donors (Lipinski definition) is 2. The van der Waals surface area contributed by atoms with E-state index in [4.69, 9.17) is 10.5 Å². The molecule has 1 fully saturated rings. The summed E-state index contributed by atoms with van der Waals surface area (Å²) < 4.78 is 47.7. The van der Waals surface area contributed by atoms with E-state index in [9.17, 15) is 22.8 Å². The Morgan fingerprint density at radius 2 is 1.74 bits per heavy atom. The molecule has 0 spiro atoms. The molecule has 1 aromatic heterocycles. The van der Waals surface area contributed by atoms with Crippen molar-refractivity contribution in [2.45, 2.75) is 26.6 Å². The largest absolute Gasteiger partial charge is 0.457 e. The van der Waals surface area contributed by atoms with Gasteiger partial charge in [-0.3, -0.25) is 19.5 Å². The van der Waals surface area contributed by atoms with Crippen LogP contribution in [0.5, 0.6) is 11.5 Å². The predicted octanol–water partition coefficient (Wildman–Crippen LogP) is 4.69. The third-order valence-corrected chi connectivity index (χ3v) is 6.64. The Labute approximate surface area is 224 Å². The molecule has 39 heavy (non-hydrogen) atoms. The van der Waals surface area contributed by atoms with Crippen molar-refractivity contribution in [2.75, 3.05) is 38.0 Å². The van der Waals surface area contributed by atoms with Crippen molar-refractivity contribution in [3.63, 3.8) is 0 Å². The summed E-state index contributed by atoms with van der Waals surface area (Å²) in [6.45, 7) is 7.98. The number of rotatable bonds is 8. The van der Waals surface area contributed by atoms with Crippen molar-refractivity contribution in [3.8, 4) is 11.5 Å². The van der Waals surface area contributed by atoms with E-state index >= 15 is 0 Å². The third kappa shape index (κ3) is 7.12. The van der Waals surface area contributed by atoms with Gasteiger partial charge in [-0.25, -0.2) is 0 Å².